The lowest BCUT2D eigenvalue weighted by atomic mass is 10.2. The van der Waals surface area contributed by atoms with E-state index in [0.29, 0.717) is 13.0 Å². The summed E-state index contributed by atoms with van der Waals surface area (Å²) in [6.07, 6.45) is 3.99. The van der Waals surface area contributed by atoms with Gasteiger partial charge >= 0.3 is 0 Å². The molecule has 1 rings (SSSR count). The molecular weight excluding hydrogens is 158 g/mol. The molecule has 0 fully saturated rings. The number of nitrogens with two attached hydrogens (primary N) is 1. The van der Waals surface area contributed by atoms with E-state index in [2.05, 4.69) is 0 Å². The van der Waals surface area contributed by atoms with Gasteiger partial charge in [-0.25, -0.2) is 0 Å². The predicted octanol–water partition coefficient (Wildman–Crippen LogP) is 0.237. The lowest BCUT2D eigenvalue weighted by Crippen LogP contribution is -2.34. The topological polar surface area (TPSA) is 53.7 Å². The van der Waals surface area contributed by atoms with E-state index in [0.717, 1.165) is 0 Å². The van der Waals surface area contributed by atoms with E-state index in [1.807, 2.05) is 12.2 Å². The highest BCUT2D eigenvalue weighted by Gasteiger charge is 2.34. The maximum Gasteiger partial charge on any atom is 0.192 e. The highest BCUT2D eigenvalue weighted by molar-refractivity contribution is 5.04. The van der Waals surface area contributed by atoms with Crippen LogP contribution in [0.1, 0.15) is 6.42 Å². The van der Waals surface area contributed by atoms with Crippen molar-refractivity contribution in [3.8, 4) is 0 Å². The molecule has 0 spiro atoms. The molecule has 0 radical (unpaired) electrons. The van der Waals surface area contributed by atoms with E-state index in [-0.39, 0.29) is 6.29 Å². The predicted molar refractivity (Wildman–Crippen MR) is 44.4 cm³/mol. The molecule has 0 bridgehead atoms. The first kappa shape index (κ1) is 9.67. The van der Waals surface area contributed by atoms with Gasteiger partial charge in [-0.05, 0) is 18.7 Å². The van der Waals surface area contributed by atoms with E-state index >= 15 is 0 Å². The summed E-state index contributed by atoms with van der Waals surface area (Å²) >= 11 is 0. The van der Waals surface area contributed by atoms with E-state index in [9.17, 15) is 0 Å². The van der Waals surface area contributed by atoms with Crippen LogP contribution in [0.15, 0.2) is 12.2 Å². The summed E-state index contributed by atoms with van der Waals surface area (Å²) < 4.78 is 15.6. The fourth-order valence-electron chi connectivity index (χ4n) is 1.19. The summed E-state index contributed by atoms with van der Waals surface area (Å²) in [6.45, 7) is 0.522. The van der Waals surface area contributed by atoms with Crippen LogP contribution in [-0.2, 0) is 14.2 Å². The van der Waals surface area contributed by atoms with Crippen molar-refractivity contribution >= 4 is 0 Å². The highest BCUT2D eigenvalue weighted by atomic mass is 16.8. The third-order valence-corrected chi connectivity index (χ3v) is 1.89. The largest absolute Gasteiger partial charge is 0.352 e. The Labute approximate surface area is 72.3 Å². The van der Waals surface area contributed by atoms with Crippen molar-refractivity contribution in [2.24, 2.45) is 5.73 Å². The van der Waals surface area contributed by atoms with Gasteiger partial charge in [0.1, 0.15) is 0 Å². The fourth-order valence-corrected chi connectivity index (χ4v) is 1.19. The van der Waals surface area contributed by atoms with Crippen LogP contribution >= 0.6 is 0 Å². The van der Waals surface area contributed by atoms with E-state index in [1.165, 1.54) is 0 Å². The minimum Gasteiger partial charge on any atom is -0.352 e. The van der Waals surface area contributed by atoms with Crippen LogP contribution in [0.3, 0.4) is 0 Å². The average molecular weight is 173 g/mol. The van der Waals surface area contributed by atoms with Gasteiger partial charge in [0, 0.05) is 20.6 Å². The normalized spacial score (nSPS) is 34.4. The Morgan fingerprint density at radius 1 is 1.58 bits per heavy atom. The van der Waals surface area contributed by atoms with Crippen LogP contribution in [0, 0.1) is 0 Å². The Morgan fingerprint density at radius 3 is 2.75 bits per heavy atom. The number of hydrogen-bond acceptors (Lipinski definition) is 4. The highest BCUT2D eigenvalue weighted by Crippen LogP contribution is 2.27. The summed E-state index contributed by atoms with van der Waals surface area (Å²) in [4.78, 5) is 0. The van der Waals surface area contributed by atoms with Crippen LogP contribution in [0.25, 0.3) is 0 Å². The molecule has 0 aromatic carbocycles. The lowest BCUT2D eigenvalue weighted by molar-refractivity contribution is -0.243. The SMILES string of the molecule is CO[C@@H]1C=C[C@@](CCN)(OC)O1. The zero-order valence-corrected chi connectivity index (χ0v) is 7.45. The van der Waals surface area contributed by atoms with Gasteiger partial charge in [-0.1, -0.05) is 0 Å². The van der Waals surface area contributed by atoms with Crippen molar-refractivity contribution in [2.45, 2.75) is 18.5 Å². The van der Waals surface area contributed by atoms with Crippen molar-refractivity contribution < 1.29 is 14.2 Å². The Kier molecular flexibility index (Phi) is 3.22. The quantitative estimate of drug-likeness (QED) is 0.618. The minimum absolute atomic E-state index is 0.309. The maximum atomic E-state index is 5.45. The van der Waals surface area contributed by atoms with Crippen molar-refractivity contribution in [3.05, 3.63) is 12.2 Å². The third-order valence-electron chi connectivity index (χ3n) is 1.89. The molecule has 1 aliphatic heterocycles. The summed E-state index contributed by atoms with van der Waals surface area (Å²) in [6, 6.07) is 0. The molecule has 1 heterocycles. The molecule has 0 aliphatic carbocycles. The second-order valence-electron chi connectivity index (χ2n) is 2.64. The molecular formula is C8H15NO3. The molecule has 0 saturated heterocycles. The summed E-state index contributed by atoms with van der Waals surface area (Å²) in [5, 5.41) is 0. The lowest BCUT2D eigenvalue weighted by Gasteiger charge is -2.26. The first-order chi connectivity index (χ1) is 5.76. The van der Waals surface area contributed by atoms with Gasteiger partial charge in [-0.2, -0.15) is 0 Å². The van der Waals surface area contributed by atoms with Gasteiger partial charge in [0.25, 0.3) is 0 Å². The molecule has 4 heteroatoms. The minimum atomic E-state index is -0.671. The van der Waals surface area contributed by atoms with Crippen LogP contribution < -0.4 is 5.73 Å². The molecule has 70 valence electrons. The van der Waals surface area contributed by atoms with Gasteiger partial charge < -0.3 is 19.9 Å². The van der Waals surface area contributed by atoms with Crippen molar-refractivity contribution in [1.29, 1.82) is 0 Å². The smallest absolute Gasteiger partial charge is 0.192 e. The van der Waals surface area contributed by atoms with Gasteiger partial charge in [-0.15, -0.1) is 0 Å². The molecule has 0 unspecified atom stereocenters. The van der Waals surface area contributed by atoms with Gasteiger partial charge in [-0.3, -0.25) is 0 Å². The summed E-state index contributed by atoms with van der Waals surface area (Å²) in [5.74, 6) is -0.671. The average Bonchev–Trinajstić information content (AvgIpc) is 2.50. The molecule has 4 nitrogen and oxygen atoms in total. The second-order valence-corrected chi connectivity index (χ2v) is 2.64. The van der Waals surface area contributed by atoms with Crippen LogP contribution in [-0.4, -0.2) is 32.8 Å². The van der Waals surface area contributed by atoms with Crippen molar-refractivity contribution in [2.75, 3.05) is 20.8 Å². The zero-order valence-electron chi connectivity index (χ0n) is 7.45. The standard InChI is InChI=1S/C8H15NO3/c1-10-7-3-4-8(11-2,12-7)5-6-9/h3-4,7H,5-6,9H2,1-2H3/t7-,8+/m0/s1. The molecule has 2 N–H and O–H groups in total. The maximum absolute atomic E-state index is 5.45. The van der Waals surface area contributed by atoms with E-state index < -0.39 is 5.79 Å². The van der Waals surface area contributed by atoms with Crippen LogP contribution in [0.4, 0.5) is 0 Å². The Hall–Kier alpha value is -0.420. The summed E-state index contributed by atoms with van der Waals surface area (Å²) in [7, 11) is 3.18. The number of rotatable bonds is 4. The Balaban J connectivity index is 2.55. The van der Waals surface area contributed by atoms with Crippen molar-refractivity contribution in [3.63, 3.8) is 0 Å². The molecule has 0 amide bonds. The van der Waals surface area contributed by atoms with Gasteiger partial charge in [0.2, 0.25) is 0 Å². The van der Waals surface area contributed by atoms with E-state index in [4.69, 9.17) is 19.9 Å². The molecule has 2 atom stereocenters. The number of hydrogen-bond donors (Lipinski definition) is 1. The van der Waals surface area contributed by atoms with Crippen molar-refractivity contribution in [1.82, 2.24) is 0 Å². The monoisotopic (exact) mass is 173 g/mol. The van der Waals surface area contributed by atoms with E-state index in [1.54, 1.807) is 14.2 Å². The zero-order chi connectivity index (χ0) is 9.03. The molecule has 0 aromatic rings. The van der Waals surface area contributed by atoms with Gasteiger partial charge in [0.15, 0.2) is 12.1 Å². The third kappa shape index (κ3) is 1.84. The molecule has 12 heavy (non-hydrogen) atoms. The first-order valence-electron chi connectivity index (χ1n) is 3.91. The Morgan fingerprint density at radius 2 is 2.33 bits per heavy atom. The molecule has 0 saturated carbocycles. The van der Waals surface area contributed by atoms with Gasteiger partial charge in [0.05, 0.1) is 0 Å². The van der Waals surface area contributed by atoms with Crippen LogP contribution in [0.2, 0.25) is 0 Å². The Bertz CT molecular complexity index is 172. The van der Waals surface area contributed by atoms with Crippen LogP contribution in [0.5, 0.6) is 0 Å². The second kappa shape index (κ2) is 4.00. The molecule has 0 aromatic heterocycles. The fraction of sp³-hybridized carbons (Fsp3) is 0.750. The summed E-state index contributed by atoms with van der Waals surface area (Å²) in [5.41, 5.74) is 5.42. The first-order valence-corrected chi connectivity index (χ1v) is 3.91. The number of ether oxygens (including phenoxy) is 3. The molecule has 1 aliphatic rings. The number of methoxy groups -OCH3 is 2.